The summed E-state index contributed by atoms with van der Waals surface area (Å²) in [6.45, 7) is 1.33. The maximum atomic E-state index is 12.2. The Hall–Kier alpha value is -3.33. The lowest BCUT2D eigenvalue weighted by atomic mass is 10.1. The summed E-state index contributed by atoms with van der Waals surface area (Å²) in [4.78, 5) is 8.41. The standard InChI is InChI=1S/C20H19F3N4O2/c1-24-10-11-28-16-6-2-14(3-7-16)18-12-19(26-13-25-18)27-15-4-8-17(9-5-15)29-20(21,22)23/h2-9,12-13,24H,10-11H2,1H3,(H,25,26,27). The number of nitrogens with zero attached hydrogens (tertiary/aromatic N) is 2. The molecule has 9 heteroatoms. The fraction of sp³-hybridized carbons (Fsp3) is 0.200. The SMILES string of the molecule is CNCCOc1ccc(-c2cc(Nc3ccc(OC(F)(F)F)cc3)ncn2)cc1. The summed E-state index contributed by atoms with van der Waals surface area (Å²) in [6, 6.07) is 14.7. The third kappa shape index (κ3) is 6.35. The second kappa shape index (κ2) is 9.24. The monoisotopic (exact) mass is 404 g/mol. The highest BCUT2D eigenvalue weighted by Crippen LogP contribution is 2.26. The molecular weight excluding hydrogens is 385 g/mol. The molecule has 2 aromatic carbocycles. The molecular formula is C20H19F3N4O2. The van der Waals surface area contributed by atoms with Gasteiger partial charge in [0.1, 0.15) is 30.3 Å². The van der Waals surface area contributed by atoms with E-state index in [-0.39, 0.29) is 5.75 Å². The fourth-order valence-electron chi connectivity index (χ4n) is 2.46. The maximum absolute atomic E-state index is 12.2. The molecule has 2 N–H and O–H groups in total. The van der Waals surface area contributed by atoms with Gasteiger partial charge in [-0.25, -0.2) is 9.97 Å². The van der Waals surface area contributed by atoms with Crippen molar-refractivity contribution in [3.8, 4) is 22.8 Å². The molecule has 6 nitrogen and oxygen atoms in total. The van der Waals surface area contributed by atoms with E-state index < -0.39 is 6.36 Å². The highest BCUT2D eigenvalue weighted by molar-refractivity contribution is 5.66. The number of nitrogens with one attached hydrogen (secondary N) is 2. The predicted molar refractivity (Wildman–Crippen MR) is 103 cm³/mol. The summed E-state index contributed by atoms with van der Waals surface area (Å²) >= 11 is 0. The van der Waals surface area contributed by atoms with Crippen LogP contribution in [0, 0.1) is 0 Å². The average Bonchev–Trinajstić information content (AvgIpc) is 2.69. The highest BCUT2D eigenvalue weighted by atomic mass is 19.4. The number of hydrogen-bond donors (Lipinski definition) is 2. The van der Waals surface area contributed by atoms with Crippen LogP contribution in [0.1, 0.15) is 0 Å². The number of halogens is 3. The second-order valence-corrected chi connectivity index (χ2v) is 5.96. The Bertz CT molecular complexity index is 916. The van der Waals surface area contributed by atoms with Gasteiger partial charge in [-0.2, -0.15) is 0 Å². The summed E-state index contributed by atoms with van der Waals surface area (Å²) in [6.07, 6.45) is -3.31. The summed E-state index contributed by atoms with van der Waals surface area (Å²) in [7, 11) is 1.86. The first-order valence-corrected chi connectivity index (χ1v) is 8.76. The van der Waals surface area contributed by atoms with Crippen molar-refractivity contribution in [3.05, 3.63) is 60.9 Å². The Morgan fingerprint density at radius 1 is 0.931 bits per heavy atom. The number of alkyl halides is 3. The molecule has 0 unspecified atom stereocenters. The zero-order valence-electron chi connectivity index (χ0n) is 15.5. The van der Waals surface area contributed by atoms with E-state index in [1.54, 1.807) is 6.07 Å². The first kappa shape index (κ1) is 20.4. The number of benzene rings is 2. The number of anilines is 2. The van der Waals surface area contributed by atoms with Crippen molar-refractivity contribution in [1.82, 2.24) is 15.3 Å². The van der Waals surface area contributed by atoms with E-state index in [4.69, 9.17) is 4.74 Å². The predicted octanol–water partition coefficient (Wildman–Crippen LogP) is 4.38. The van der Waals surface area contributed by atoms with Crippen molar-refractivity contribution in [1.29, 1.82) is 0 Å². The van der Waals surface area contributed by atoms with Crippen LogP contribution in [-0.2, 0) is 0 Å². The minimum Gasteiger partial charge on any atom is -0.492 e. The van der Waals surface area contributed by atoms with Crippen LogP contribution in [0.5, 0.6) is 11.5 Å². The van der Waals surface area contributed by atoms with Crippen LogP contribution in [-0.4, -0.2) is 36.5 Å². The van der Waals surface area contributed by atoms with Crippen LogP contribution < -0.4 is 20.1 Å². The average molecular weight is 404 g/mol. The third-order valence-electron chi connectivity index (χ3n) is 3.80. The Kier molecular flexibility index (Phi) is 6.50. The van der Waals surface area contributed by atoms with Crippen molar-refractivity contribution in [2.75, 3.05) is 25.5 Å². The normalized spacial score (nSPS) is 11.2. The van der Waals surface area contributed by atoms with E-state index in [9.17, 15) is 13.2 Å². The van der Waals surface area contributed by atoms with Crippen molar-refractivity contribution in [3.63, 3.8) is 0 Å². The van der Waals surface area contributed by atoms with Gasteiger partial charge in [-0.15, -0.1) is 13.2 Å². The lowest BCUT2D eigenvalue weighted by molar-refractivity contribution is -0.274. The van der Waals surface area contributed by atoms with E-state index in [0.29, 0.717) is 23.8 Å². The Labute approximate surface area is 165 Å². The van der Waals surface area contributed by atoms with Gasteiger partial charge in [-0.3, -0.25) is 0 Å². The fourth-order valence-corrected chi connectivity index (χ4v) is 2.46. The lowest BCUT2D eigenvalue weighted by Crippen LogP contribution is -2.16. The number of hydrogen-bond acceptors (Lipinski definition) is 6. The molecule has 0 aliphatic rings. The first-order valence-electron chi connectivity index (χ1n) is 8.76. The minimum absolute atomic E-state index is 0.288. The zero-order chi connectivity index (χ0) is 20.7. The molecule has 1 heterocycles. The van der Waals surface area contributed by atoms with Gasteiger partial charge < -0.3 is 20.1 Å². The van der Waals surface area contributed by atoms with E-state index in [2.05, 4.69) is 25.3 Å². The number of ether oxygens (including phenoxy) is 2. The Morgan fingerprint density at radius 2 is 1.62 bits per heavy atom. The number of aromatic nitrogens is 2. The summed E-state index contributed by atoms with van der Waals surface area (Å²) in [5, 5.41) is 6.04. The molecule has 0 aliphatic heterocycles. The Balaban J connectivity index is 1.66. The number of rotatable bonds is 8. The van der Waals surface area contributed by atoms with Crippen molar-refractivity contribution in [2.24, 2.45) is 0 Å². The van der Waals surface area contributed by atoms with Gasteiger partial charge in [0.2, 0.25) is 0 Å². The number of likely N-dealkylation sites (N-methyl/N-ethyl adjacent to an activating group) is 1. The molecule has 0 saturated carbocycles. The molecule has 3 rings (SSSR count). The van der Waals surface area contributed by atoms with Crippen LogP contribution >= 0.6 is 0 Å². The molecule has 0 saturated heterocycles. The molecule has 0 radical (unpaired) electrons. The van der Waals surface area contributed by atoms with Crippen molar-refractivity contribution >= 4 is 11.5 Å². The van der Waals surface area contributed by atoms with Crippen LogP contribution in [0.15, 0.2) is 60.9 Å². The molecule has 0 aliphatic carbocycles. The van der Waals surface area contributed by atoms with Gasteiger partial charge in [-0.05, 0) is 55.6 Å². The largest absolute Gasteiger partial charge is 0.573 e. The Morgan fingerprint density at radius 3 is 2.28 bits per heavy atom. The van der Waals surface area contributed by atoms with Crippen molar-refractivity contribution < 1.29 is 22.6 Å². The van der Waals surface area contributed by atoms with Crippen LogP contribution in [0.3, 0.4) is 0 Å². The maximum Gasteiger partial charge on any atom is 0.573 e. The lowest BCUT2D eigenvalue weighted by Gasteiger charge is -2.11. The van der Waals surface area contributed by atoms with Gasteiger partial charge in [0.15, 0.2) is 0 Å². The van der Waals surface area contributed by atoms with Gasteiger partial charge in [0.25, 0.3) is 0 Å². The smallest absolute Gasteiger partial charge is 0.492 e. The van der Waals surface area contributed by atoms with Gasteiger partial charge in [-0.1, -0.05) is 0 Å². The molecule has 0 amide bonds. The third-order valence-corrected chi connectivity index (χ3v) is 3.80. The highest BCUT2D eigenvalue weighted by Gasteiger charge is 2.30. The van der Waals surface area contributed by atoms with E-state index in [1.807, 2.05) is 31.3 Å². The molecule has 0 fully saturated rings. The summed E-state index contributed by atoms with van der Waals surface area (Å²) in [5.74, 6) is 0.981. The van der Waals surface area contributed by atoms with Crippen LogP contribution in [0.2, 0.25) is 0 Å². The molecule has 0 bridgehead atoms. The molecule has 152 valence electrons. The van der Waals surface area contributed by atoms with Gasteiger partial charge in [0, 0.05) is 23.9 Å². The molecule has 0 atom stereocenters. The summed E-state index contributed by atoms with van der Waals surface area (Å²) < 4.78 is 46.1. The van der Waals surface area contributed by atoms with Crippen molar-refractivity contribution in [2.45, 2.75) is 6.36 Å². The van der Waals surface area contributed by atoms with E-state index in [0.717, 1.165) is 17.9 Å². The van der Waals surface area contributed by atoms with Crippen LogP contribution in [0.25, 0.3) is 11.3 Å². The van der Waals surface area contributed by atoms with Gasteiger partial charge in [0.05, 0.1) is 5.69 Å². The van der Waals surface area contributed by atoms with Crippen LogP contribution in [0.4, 0.5) is 24.7 Å². The molecule has 0 spiro atoms. The molecule has 1 aromatic heterocycles. The van der Waals surface area contributed by atoms with Gasteiger partial charge >= 0.3 is 6.36 Å². The van der Waals surface area contributed by atoms with E-state index in [1.165, 1.54) is 30.6 Å². The quantitative estimate of drug-likeness (QED) is 0.543. The minimum atomic E-state index is -4.72. The topological polar surface area (TPSA) is 68.3 Å². The summed E-state index contributed by atoms with van der Waals surface area (Å²) in [5.41, 5.74) is 2.14. The molecule has 3 aromatic rings. The zero-order valence-corrected chi connectivity index (χ0v) is 15.5. The second-order valence-electron chi connectivity index (χ2n) is 5.96. The molecule has 29 heavy (non-hydrogen) atoms. The first-order chi connectivity index (χ1) is 13.9. The van der Waals surface area contributed by atoms with E-state index >= 15 is 0 Å².